The van der Waals surface area contributed by atoms with Crippen LogP contribution in [0.2, 0.25) is 0 Å². The van der Waals surface area contributed by atoms with Crippen molar-refractivity contribution in [1.29, 1.82) is 0 Å². The third-order valence-corrected chi connectivity index (χ3v) is 5.50. The quantitative estimate of drug-likeness (QED) is 0.521. The van der Waals surface area contributed by atoms with Gasteiger partial charge >= 0.3 is 0 Å². The maximum atomic E-state index is 12.5. The summed E-state index contributed by atoms with van der Waals surface area (Å²) in [6.07, 6.45) is 0. The van der Waals surface area contributed by atoms with Crippen LogP contribution in [0.4, 0.5) is 0 Å². The Morgan fingerprint density at radius 1 is 1.21 bits per heavy atom. The highest BCUT2D eigenvalue weighted by Crippen LogP contribution is 2.28. The van der Waals surface area contributed by atoms with E-state index in [2.05, 4.69) is 4.72 Å². The van der Waals surface area contributed by atoms with E-state index in [1.54, 1.807) is 12.1 Å². The number of fused-ring (bicyclic) bond motifs is 1. The Morgan fingerprint density at radius 3 is 2.54 bits per heavy atom. The molecule has 148 valence electrons. The molecular weight excluding hydrogens is 384 g/mol. The summed E-state index contributed by atoms with van der Waals surface area (Å²) in [5.41, 5.74) is 4.05. The second kappa shape index (κ2) is 7.63. The minimum absolute atomic E-state index is 0.0145. The zero-order chi connectivity index (χ0) is 20.4. The molecule has 1 aromatic heterocycles. The number of ether oxygens (including phenoxy) is 1. The Balaban J connectivity index is 1.70. The van der Waals surface area contributed by atoms with Gasteiger partial charge in [0.05, 0.1) is 4.90 Å². The van der Waals surface area contributed by atoms with Gasteiger partial charge in [-0.05, 0) is 43.3 Å². The number of carbonyl (C=O) groups excluding carboxylic acids is 1. The number of hydrogen-bond acceptors (Lipinski definition) is 6. The molecule has 0 saturated carbocycles. The fourth-order valence-electron chi connectivity index (χ4n) is 2.52. The van der Waals surface area contributed by atoms with Crippen LogP contribution < -0.4 is 15.2 Å². The van der Waals surface area contributed by atoms with Gasteiger partial charge in [0.15, 0.2) is 6.61 Å². The van der Waals surface area contributed by atoms with Gasteiger partial charge in [0, 0.05) is 11.9 Å². The fraction of sp³-hybridized carbons (Fsp3) is 0.211. The van der Waals surface area contributed by atoms with Crippen LogP contribution in [0, 0.1) is 0 Å². The van der Waals surface area contributed by atoms with E-state index in [9.17, 15) is 18.3 Å². The SMILES string of the molecule is CC(O)(CNS(=O)(=O)c1ccc(OCC(N)=O)cc1)c1cc2ccccc2o1. The molecule has 0 bridgehead atoms. The van der Waals surface area contributed by atoms with Crippen molar-refractivity contribution in [2.45, 2.75) is 17.4 Å². The van der Waals surface area contributed by atoms with E-state index < -0.39 is 21.5 Å². The number of aliphatic hydroxyl groups is 1. The minimum atomic E-state index is -3.88. The highest BCUT2D eigenvalue weighted by Gasteiger charge is 2.30. The van der Waals surface area contributed by atoms with E-state index in [0.717, 1.165) is 5.39 Å². The van der Waals surface area contributed by atoms with Gasteiger partial charge in [0.2, 0.25) is 10.0 Å². The summed E-state index contributed by atoms with van der Waals surface area (Å²) in [7, 11) is -3.88. The Hall–Kier alpha value is -2.88. The van der Waals surface area contributed by atoms with Gasteiger partial charge < -0.3 is 20.0 Å². The number of hydrogen-bond donors (Lipinski definition) is 3. The molecule has 0 spiro atoms. The van der Waals surface area contributed by atoms with Gasteiger partial charge in [-0.2, -0.15) is 0 Å². The maximum absolute atomic E-state index is 12.5. The summed E-state index contributed by atoms with van der Waals surface area (Å²) in [5, 5.41) is 11.5. The molecule has 3 aromatic rings. The largest absolute Gasteiger partial charge is 0.484 e. The fourth-order valence-corrected chi connectivity index (χ4v) is 3.65. The summed E-state index contributed by atoms with van der Waals surface area (Å²) < 4.78 is 38.1. The van der Waals surface area contributed by atoms with Crippen molar-refractivity contribution in [2.24, 2.45) is 5.73 Å². The van der Waals surface area contributed by atoms with Crippen molar-refractivity contribution in [3.05, 3.63) is 60.4 Å². The van der Waals surface area contributed by atoms with Crippen LogP contribution in [0.5, 0.6) is 5.75 Å². The molecule has 0 aliphatic carbocycles. The Kier molecular flexibility index (Phi) is 5.41. The zero-order valence-corrected chi connectivity index (χ0v) is 15.9. The van der Waals surface area contributed by atoms with Gasteiger partial charge in [-0.1, -0.05) is 18.2 Å². The first kappa shape index (κ1) is 19.9. The summed E-state index contributed by atoms with van der Waals surface area (Å²) >= 11 is 0. The molecule has 1 amide bonds. The zero-order valence-electron chi connectivity index (χ0n) is 15.1. The average molecular weight is 404 g/mol. The van der Waals surface area contributed by atoms with Crippen LogP contribution in [0.15, 0.2) is 63.9 Å². The molecule has 1 unspecified atom stereocenters. The molecule has 0 fully saturated rings. The van der Waals surface area contributed by atoms with E-state index in [-0.39, 0.29) is 23.8 Å². The number of rotatable bonds is 8. The summed E-state index contributed by atoms with van der Waals surface area (Å²) in [4.78, 5) is 10.7. The Bertz CT molecular complexity index is 1050. The standard InChI is InChI=1S/C19H20N2O6S/c1-19(23,17-10-13-4-2-3-5-16(13)27-17)12-21-28(24,25)15-8-6-14(7-9-15)26-11-18(20)22/h2-10,21,23H,11-12H2,1H3,(H2,20,22). The van der Waals surface area contributed by atoms with Crippen LogP contribution in [0.3, 0.4) is 0 Å². The van der Waals surface area contributed by atoms with Crippen molar-refractivity contribution in [3.63, 3.8) is 0 Å². The molecule has 3 rings (SSSR count). The molecule has 0 radical (unpaired) electrons. The van der Waals surface area contributed by atoms with Crippen LogP contribution >= 0.6 is 0 Å². The smallest absolute Gasteiger partial charge is 0.255 e. The predicted octanol–water partition coefficient (Wildman–Crippen LogP) is 1.48. The average Bonchev–Trinajstić information content (AvgIpc) is 3.10. The van der Waals surface area contributed by atoms with Gasteiger partial charge in [-0.25, -0.2) is 13.1 Å². The lowest BCUT2D eigenvalue weighted by Gasteiger charge is -2.21. The number of nitrogens with two attached hydrogens (primary N) is 1. The van der Waals surface area contributed by atoms with Crippen molar-refractivity contribution >= 4 is 26.9 Å². The second-order valence-corrected chi connectivity index (χ2v) is 8.24. The van der Waals surface area contributed by atoms with E-state index in [1.807, 2.05) is 18.2 Å². The molecule has 28 heavy (non-hydrogen) atoms. The summed E-state index contributed by atoms with van der Waals surface area (Å²) in [6, 6.07) is 14.4. The number of para-hydroxylation sites is 1. The number of amides is 1. The maximum Gasteiger partial charge on any atom is 0.255 e. The Morgan fingerprint density at radius 2 is 1.89 bits per heavy atom. The third kappa shape index (κ3) is 4.50. The molecule has 2 aromatic carbocycles. The van der Waals surface area contributed by atoms with Gasteiger partial charge in [-0.15, -0.1) is 0 Å². The lowest BCUT2D eigenvalue weighted by molar-refractivity contribution is -0.119. The predicted molar refractivity (Wildman–Crippen MR) is 102 cm³/mol. The first-order valence-corrected chi connectivity index (χ1v) is 9.88. The molecule has 0 aliphatic rings. The van der Waals surface area contributed by atoms with E-state index in [1.165, 1.54) is 31.2 Å². The molecule has 1 atom stereocenters. The van der Waals surface area contributed by atoms with E-state index >= 15 is 0 Å². The monoisotopic (exact) mass is 404 g/mol. The molecular formula is C19H20N2O6S. The number of furan rings is 1. The van der Waals surface area contributed by atoms with Gasteiger partial charge in [0.1, 0.15) is 22.7 Å². The van der Waals surface area contributed by atoms with Crippen molar-refractivity contribution in [2.75, 3.05) is 13.2 Å². The van der Waals surface area contributed by atoms with E-state index in [0.29, 0.717) is 11.3 Å². The minimum Gasteiger partial charge on any atom is -0.484 e. The highest BCUT2D eigenvalue weighted by molar-refractivity contribution is 7.89. The molecule has 8 nitrogen and oxygen atoms in total. The van der Waals surface area contributed by atoms with Crippen LogP contribution in [-0.4, -0.2) is 32.6 Å². The van der Waals surface area contributed by atoms with E-state index in [4.69, 9.17) is 14.9 Å². The lowest BCUT2D eigenvalue weighted by atomic mass is 10.0. The van der Waals surface area contributed by atoms with Crippen LogP contribution in [0.25, 0.3) is 11.0 Å². The van der Waals surface area contributed by atoms with Crippen molar-refractivity contribution in [1.82, 2.24) is 4.72 Å². The van der Waals surface area contributed by atoms with Gasteiger partial charge in [0.25, 0.3) is 5.91 Å². The second-order valence-electron chi connectivity index (χ2n) is 6.47. The summed E-state index contributed by atoms with van der Waals surface area (Å²) in [5.74, 6) is -0.0650. The number of carbonyl (C=O) groups is 1. The number of benzene rings is 2. The van der Waals surface area contributed by atoms with Crippen LogP contribution in [-0.2, 0) is 20.4 Å². The third-order valence-electron chi connectivity index (χ3n) is 4.08. The van der Waals surface area contributed by atoms with Gasteiger partial charge in [-0.3, -0.25) is 4.79 Å². The van der Waals surface area contributed by atoms with Crippen molar-refractivity contribution < 1.29 is 27.5 Å². The Labute approximate surface area is 162 Å². The van der Waals surface area contributed by atoms with Crippen LogP contribution in [0.1, 0.15) is 12.7 Å². The number of nitrogens with one attached hydrogen (secondary N) is 1. The molecule has 0 saturated heterocycles. The first-order chi connectivity index (χ1) is 13.2. The molecule has 0 aliphatic heterocycles. The van der Waals surface area contributed by atoms with Crippen molar-refractivity contribution in [3.8, 4) is 5.75 Å². The summed E-state index contributed by atoms with van der Waals surface area (Å²) in [6.45, 7) is 0.883. The normalized spacial score (nSPS) is 13.9. The lowest BCUT2D eigenvalue weighted by Crippen LogP contribution is -2.38. The number of sulfonamides is 1. The molecule has 4 N–H and O–H groups in total. The molecule has 9 heteroatoms. The highest BCUT2D eigenvalue weighted by atomic mass is 32.2. The first-order valence-electron chi connectivity index (χ1n) is 8.40. The number of primary amides is 1. The topological polar surface area (TPSA) is 132 Å². The molecule has 1 heterocycles.